The Bertz CT molecular complexity index is 1240. The minimum absolute atomic E-state index is 0.112. The molecule has 2 heteroatoms. The van der Waals surface area contributed by atoms with Crippen LogP contribution in [0.3, 0.4) is 0 Å². The Morgan fingerprint density at radius 3 is 1.49 bits per heavy atom. The Kier molecular flexibility index (Phi) is 18.7. The highest BCUT2D eigenvalue weighted by atomic mass is 16.3. The lowest BCUT2D eigenvalue weighted by molar-refractivity contribution is 0.0977. The van der Waals surface area contributed by atoms with Gasteiger partial charge in [-0.05, 0) is 101 Å². The van der Waals surface area contributed by atoms with E-state index in [1.807, 2.05) is 6.08 Å². The SMILES string of the molecule is CCCCC(C)c1ccc(C(C)CCCC)c(C=C(O)C(=O)c2c(C(C)CCCC)ccc(C(C)CCCC)c2C(C)CCCC)c1. The van der Waals surface area contributed by atoms with Crippen LogP contribution in [0.2, 0.25) is 0 Å². The van der Waals surface area contributed by atoms with E-state index < -0.39 is 0 Å². The summed E-state index contributed by atoms with van der Waals surface area (Å²) in [6.45, 7) is 22.8. The number of benzene rings is 2. The van der Waals surface area contributed by atoms with Crippen LogP contribution in [0.1, 0.15) is 239 Å². The second-order valence-corrected chi connectivity index (χ2v) is 15.0. The number of carbonyl (C=O) groups is 1. The zero-order chi connectivity index (χ0) is 34.9. The highest BCUT2D eigenvalue weighted by Crippen LogP contribution is 2.40. The zero-order valence-corrected chi connectivity index (χ0v) is 32.3. The topological polar surface area (TPSA) is 37.3 Å². The van der Waals surface area contributed by atoms with E-state index in [4.69, 9.17) is 0 Å². The van der Waals surface area contributed by atoms with Gasteiger partial charge in [-0.3, -0.25) is 4.79 Å². The Hall–Kier alpha value is -2.35. The van der Waals surface area contributed by atoms with Gasteiger partial charge in [0, 0.05) is 5.56 Å². The van der Waals surface area contributed by atoms with Crippen LogP contribution < -0.4 is 0 Å². The van der Waals surface area contributed by atoms with Crippen molar-refractivity contribution in [2.75, 3.05) is 0 Å². The summed E-state index contributed by atoms with van der Waals surface area (Å²) in [5.41, 5.74) is 7.96. The van der Waals surface area contributed by atoms with Gasteiger partial charge in [0.2, 0.25) is 5.78 Å². The maximum Gasteiger partial charge on any atom is 0.227 e. The molecule has 0 aromatic heterocycles. The van der Waals surface area contributed by atoms with Crippen LogP contribution in [-0.2, 0) is 0 Å². The van der Waals surface area contributed by atoms with E-state index >= 15 is 0 Å². The fourth-order valence-corrected chi connectivity index (χ4v) is 7.42. The molecule has 47 heavy (non-hydrogen) atoms. The Labute approximate surface area is 291 Å². The van der Waals surface area contributed by atoms with E-state index in [1.54, 1.807) is 0 Å². The van der Waals surface area contributed by atoms with Gasteiger partial charge >= 0.3 is 0 Å². The third kappa shape index (κ3) is 11.9. The van der Waals surface area contributed by atoms with E-state index in [0.29, 0.717) is 17.8 Å². The first-order valence-electron chi connectivity index (χ1n) is 19.8. The fraction of sp³-hybridized carbons (Fsp3) is 0.667. The first kappa shape index (κ1) is 40.8. The summed E-state index contributed by atoms with van der Waals surface area (Å²) in [7, 11) is 0. The molecular formula is C45H72O2. The normalized spacial score (nSPS) is 15.3. The number of allylic oxidation sites excluding steroid dienone is 1. The quantitative estimate of drug-likeness (QED) is 0.0742. The maximum atomic E-state index is 14.8. The largest absolute Gasteiger partial charge is 0.504 e. The summed E-state index contributed by atoms with van der Waals surface area (Å²) in [4.78, 5) is 14.8. The van der Waals surface area contributed by atoms with Gasteiger partial charge in [0.05, 0.1) is 0 Å². The molecule has 0 radical (unpaired) electrons. The van der Waals surface area contributed by atoms with E-state index in [1.165, 1.54) is 54.4 Å². The molecule has 0 amide bonds. The van der Waals surface area contributed by atoms with Crippen LogP contribution >= 0.6 is 0 Å². The van der Waals surface area contributed by atoms with Crippen LogP contribution in [0.15, 0.2) is 36.1 Å². The first-order valence-corrected chi connectivity index (χ1v) is 19.8. The number of aliphatic hydroxyl groups is 1. The van der Waals surface area contributed by atoms with Crippen molar-refractivity contribution in [3.05, 3.63) is 75.0 Å². The molecule has 264 valence electrons. The molecule has 1 N–H and O–H groups in total. The Morgan fingerprint density at radius 1 is 0.574 bits per heavy atom. The third-order valence-electron chi connectivity index (χ3n) is 10.8. The van der Waals surface area contributed by atoms with Crippen molar-refractivity contribution in [1.82, 2.24) is 0 Å². The Balaban J connectivity index is 2.83. The second kappa shape index (κ2) is 21.6. The average Bonchev–Trinajstić information content (AvgIpc) is 3.08. The van der Waals surface area contributed by atoms with Crippen molar-refractivity contribution >= 4 is 11.9 Å². The molecule has 5 unspecified atom stereocenters. The summed E-state index contributed by atoms with van der Waals surface area (Å²) < 4.78 is 0. The highest BCUT2D eigenvalue weighted by molar-refractivity contribution is 6.12. The predicted octanol–water partition coefficient (Wildman–Crippen LogP) is 14.9. The standard InChI is InChI=1S/C45H72O2/c1-11-16-21-32(6)37-26-27-39(33(7)22-17-12-2)38(30-37)31-42(46)45(47)44-41(35(9)24-19-14-4)29-28-40(34(8)23-18-13-3)43(44)36(10)25-20-15-5/h26-36,46H,11-25H2,1-10H3. The summed E-state index contributed by atoms with van der Waals surface area (Å²) in [5, 5.41) is 11.9. The molecule has 2 aromatic carbocycles. The van der Waals surface area contributed by atoms with Gasteiger partial charge in [-0.15, -0.1) is 0 Å². The number of hydrogen-bond acceptors (Lipinski definition) is 2. The molecular weight excluding hydrogens is 572 g/mol. The van der Waals surface area contributed by atoms with E-state index in [9.17, 15) is 9.90 Å². The van der Waals surface area contributed by atoms with Gasteiger partial charge in [0.15, 0.2) is 5.76 Å². The van der Waals surface area contributed by atoms with Crippen molar-refractivity contribution in [3.63, 3.8) is 0 Å². The molecule has 0 spiro atoms. The number of rotatable bonds is 23. The maximum absolute atomic E-state index is 14.8. The molecule has 5 atom stereocenters. The summed E-state index contributed by atoms with van der Waals surface area (Å²) in [6, 6.07) is 11.4. The molecule has 0 saturated heterocycles. The Morgan fingerprint density at radius 2 is 0.979 bits per heavy atom. The summed E-state index contributed by atoms with van der Waals surface area (Å²) in [5.74, 6) is 1.39. The molecule has 0 saturated carbocycles. The van der Waals surface area contributed by atoms with Crippen LogP contribution in [0.4, 0.5) is 0 Å². The van der Waals surface area contributed by atoms with Gasteiger partial charge < -0.3 is 5.11 Å². The molecule has 2 rings (SSSR count). The molecule has 2 nitrogen and oxygen atoms in total. The minimum Gasteiger partial charge on any atom is -0.504 e. The molecule has 0 fully saturated rings. The van der Waals surface area contributed by atoms with Crippen LogP contribution in [0, 0.1) is 0 Å². The van der Waals surface area contributed by atoms with E-state index in [2.05, 4.69) is 99.6 Å². The van der Waals surface area contributed by atoms with E-state index in [0.717, 1.165) is 80.9 Å². The zero-order valence-electron chi connectivity index (χ0n) is 32.3. The van der Waals surface area contributed by atoms with E-state index in [-0.39, 0.29) is 23.4 Å². The second-order valence-electron chi connectivity index (χ2n) is 15.0. The number of aliphatic hydroxyl groups excluding tert-OH is 1. The van der Waals surface area contributed by atoms with Crippen molar-refractivity contribution in [2.45, 2.75) is 195 Å². The number of carbonyl (C=O) groups excluding carboxylic acids is 1. The molecule has 0 aliphatic carbocycles. The van der Waals surface area contributed by atoms with Crippen LogP contribution in [-0.4, -0.2) is 10.9 Å². The van der Waals surface area contributed by atoms with Crippen molar-refractivity contribution < 1.29 is 9.90 Å². The fourth-order valence-electron chi connectivity index (χ4n) is 7.42. The number of unbranched alkanes of at least 4 members (excludes halogenated alkanes) is 5. The third-order valence-corrected chi connectivity index (χ3v) is 10.8. The predicted molar refractivity (Wildman–Crippen MR) is 208 cm³/mol. The van der Waals surface area contributed by atoms with Crippen molar-refractivity contribution in [3.8, 4) is 0 Å². The van der Waals surface area contributed by atoms with Gasteiger partial charge in [-0.2, -0.15) is 0 Å². The summed E-state index contributed by atoms with van der Waals surface area (Å²) in [6.07, 6.45) is 18.9. The molecule has 0 aliphatic heterocycles. The lowest BCUT2D eigenvalue weighted by Gasteiger charge is -2.28. The van der Waals surface area contributed by atoms with Crippen LogP contribution in [0.5, 0.6) is 0 Å². The van der Waals surface area contributed by atoms with Gasteiger partial charge in [-0.25, -0.2) is 0 Å². The van der Waals surface area contributed by atoms with Gasteiger partial charge in [0.1, 0.15) is 0 Å². The number of ketones is 1. The molecule has 2 aromatic rings. The minimum atomic E-state index is -0.192. The summed E-state index contributed by atoms with van der Waals surface area (Å²) >= 11 is 0. The monoisotopic (exact) mass is 645 g/mol. The van der Waals surface area contributed by atoms with Gasteiger partial charge in [-0.1, -0.05) is 164 Å². The molecule has 0 aliphatic rings. The number of hydrogen-bond donors (Lipinski definition) is 1. The molecule has 0 bridgehead atoms. The van der Waals surface area contributed by atoms with Crippen LogP contribution in [0.25, 0.3) is 6.08 Å². The average molecular weight is 645 g/mol. The lowest BCUT2D eigenvalue weighted by Crippen LogP contribution is -2.17. The van der Waals surface area contributed by atoms with Gasteiger partial charge in [0.25, 0.3) is 0 Å². The highest BCUT2D eigenvalue weighted by Gasteiger charge is 2.29. The smallest absolute Gasteiger partial charge is 0.227 e. The first-order chi connectivity index (χ1) is 22.6. The number of Topliss-reactive ketones (excluding diaryl/α,β-unsaturated/α-hetero) is 1. The van der Waals surface area contributed by atoms with Crippen molar-refractivity contribution in [2.24, 2.45) is 0 Å². The molecule has 0 heterocycles. The lowest BCUT2D eigenvalue weighted by atomic mass is 9.76. The van der Waals surface area contributed by atoms with Crippen molar-refractivity contribution in [1.29, 1.82) is 0 Å².